The van der Waals surface area contributed by atoms with E-state index in [9.17, 15) is 0 Å². The van der Waals surface area contributed by atoms with Crippen LogP contribution in [0.4, 0.5) is 0 Å². The van der Waals surface area contributed by atoms with Crippen LogP contribution < -0.4 is 0 Å². The first kappa shape index (κ1) is 29.4. The average Bonchev–Trinajstić information content (AvgIpc) is 3.54. The third-order valence-electron chi connectivity index (χ3n) is 9.31. The molecule has 6 aromatic carbocycles. The molecular formula is C44H31N3OS. The summed E-state index contributed by atoms with van der Waals surface area (Å²) < 4.78 is 6.51. The Morgan fingerprint density at radius 1 is 0.571 bits per heavy atom. The number of para-hydroxylation sites is 1. The summed E-state index contributed by atoms with van der Waals surface area (Å²) in [5.74, 6) is 2.93. The molecule has 0 saturated heterocycles. The largest absolute Gasteiger partial charge is 0.460 e. The zero-order valence-corrected chi connectivity index (χ0v) is 27.7. The van der Waals surface area contributed by atoms with Gasteiger partial charge in [0.1, 0.15) is 11.3 Å². The lowest BCUT2D eigenvalue weighted by molar-refractivity contribution is 0.547. The first-order valence-corrected chi connectivity index (χ1v) is 17.4. The number of rotatable bonds is 6. The standard InChI is InChI=1S/C44H31N3OS/c1-28-34(20-12-22-39(28)49-33-17-6-3-7-18-33)43-45-42(30-14-4-2-5-15-30)46-44(47-43)41-35(32-24-23-29-13-8-9-16-31(29)27-32)25-26-38-40(41)36-19-10-11-21-37(36)48-38/h2-24,27H,25-26H2,1H3. The van der Waals surface area contributed by atoms with Gasteiger partial charge in [-0.3, -0.25) is 0 Å². The lowest BCUT2D eigenvalue weighted by Crippen LogP contribution is -2.10. The number of fused-ring (bicyclic) bond motifs is 4. The number of benzene rings is 6. The maximum atomic E-state index is 6.51. The van der Waals surface area contributed by atoms with Gasteiger partial charge in [0, 0.05) is 43.9 Å². The topological polar surface area (TPSA) is 51.8 Å². The minimum Gasteiger partial charge on any atom is -0.460 e. The molecule has 49 heavy (non-hydrogen) atoms. The molecule has 0 fully saturated rings. The molecule has 4 nitrogen and oxygen atoms in total. The second-order valence-corrected chi connectivity index (χ2v) is 13.4. The Morgan fingerprint density at radius 2 is 1.29 bits per heavy atom. The van der Waals surface area contributed by atoms with Crippen LogP contribution in [0.25, 0.3) is 55.7 Å². The number of aromatic nitrogens is 3. The summed E-state index contributed by atoms with van der Waals surface area (Å²) in [6.45, 7) is 2.16. The quantitative estimate of drug-likeness (QED) is 0.179. The summed E-state index contributed by atoms with van der Waals surface area (Å²) in [6.07, 6.45) is 1.61. The number of nitrogens with zero attached hydrogens (tertiary/aromatic N) is 3. The van der Waals surface area contributed by atoms with E-state index in [1.54, 1.807) is 11.8 Å². The monoisotopic (exact) mass is 649 g/mol. The fourth-order valence-electron chi connectivity index (χ4n) is 6.88. The van der Waals surface area contributed by atoms with Crippen molar-refractivity contribution in [3.63, 3.8) is 0 Å². The van der Waals surface area contributed by atoms with Crippen molar-refractivity contribution in [3.8, 4) is 22.8 Å². The van der Waals surface area contributed by atoms with E-state index in [0.29, 0.717) is 17.5 Å². The third-order valence-corrected chi connectivity index (χ3v) is 10.5. The number of allylic oxidation sites excluding steroid dienone is 1. The van der Waals surface area contributed by atoms with Gasteiger partial charge in [0.05, 0.1) is 0 Å². The summed E-state index contributed by atoms with van der Waals surface area (Å²) in [6, 6.07) is 50.7. The van der Waals surface area contributed by atoms with E-state index in [0.717, 1.165) is 57.4 Å². The normalized spacial score (nSPS) is 12.8. The van der Waals surface area contributed by atoms with E-state index in [4.69, 9.17) is 19.4 Å². The molecule has 0 saturated carbocycles. The molecule has 9 rings (SSSR count). The van der Waals surface area contributed by atoms with Gasteiger partial charge in [-0.15, -0.1) is 0 Å². The molecular weight excluding hydrogens is 619 g/mol. The van der Waals surface area contributed by atoms with E-state index in [-0.39, 0.29) is 0 Å². The van der Waals surface area contributed by atoms with Crippen molar-refractivity contribution in [1.29, 1.82) is 0 Å². The molecule has 8 aromatic rings. The highest BCUT2D eigenvalue weighted by Gasteiger charge is 2.30. The van der Waals surface area contributed by atoms with Crippen molar-refractivity contribution < 1.29 is 4.42 Å². The Labute approximate surface area is 289 Å². The second kappa shape index (κ2) is 12.3. The smallest absolute Gasteiger partial charge is 0.165 e. The summed E-state index contributed by atoms with van der Waals surface area (Å²) >= 11 is 1.75. The van der Waals surface area contributed by atoms with Gasteiger partial charge in [-0.05, 0) is 71.1 Å². The van der Waals surface area contributed by atoms with Crippen LogP contribution in [0.5, 0.6) is 0 Å². The predicted octanol–water partition coefficient (Wildman–Crippen LogP) is 11.5. The lowest BCUT2D eigenvalue weighted by Gasteiger charge is -2.21. The summed E-state index contributed by atoms with van der Waals surface area (Å²) in [5.41, 5.74) is 8.42. The van der Waals surface area contributed by atoms with Crippen molar-refractivity contribution in [1.82, 2.24) is 15.0 Å². The van der Waals surface area contributed by atoms with E-state index in [2.05, 4.69) is 122 Å². The summed E-state index contributed by atoms with van der Waals surface area (Å²) in [7, 11) is 0. The maximum absolute atomic E-state index is 6.51. The molecule has 0 bridgehead atoms. The van der Waals surface area contributed by atoms with E-state index < -0.39 is 0 Å². The third kappa shape index (κ3) is 5.42. The Hall–Kier alpha value is -5.78. The fraction of sp³-hybridized carbons (Fsp3) is 0.0682. The molecule has 0 amide bonds. The zero-order valence-electron chi connectivity index (χ0n) is 26.9. The Morgan fingerprint density at radius 3 is 2.14 bits per heavy atom. The van der Waals surface area contributed by atoms with Crippen LogP contribution in [0.3, 0.4) is 0 Å². The van der Waals surface area contributed by atoms with Crippen LogP contribution in [0.15, 0.2) is 160 Å². The van der Waals surface area contributed by atoms with Crippen molar-refractivity contribution >= 4 is 44.6 Å². The van der Waals surface area contributed by atoms with Gasteiger partial charge in [-0.25, -0.2) is 15.0 Å². The van der Waals surface area contributed by atoms with Crippen molar-refractivity contribution in [2.75, 3.05) is 0 Å². The molecule has 0 aliphatic heterocycles. The van der Waals surface area contributed by atoms with Gasteiger partial charge in [-0.1, -0.05) is 127 Å². The van der Waals surface area contributed by atoms with Crippen LogP contribution in [0.2, 0.25) is 0 Å². The molecule has 0 N–H and O–H groups in total. The van der Waals surface area contributed by atoms with Gasteiger partial charge in [0.2, 0.25) is 0 Å². The number of hydrogen-bond donors (Lipinski definition) is 0. The summed E-state index contributed by atoms with van der Waals surface area (Å²) in [4.78, 5) is 18.1. The SMILES string of the molecule is Cc1c(Sc2ccccc2)cccc1-c1nc(C2=C(c3ccc4ccccc4c3)CCc3oc4ccccc4c32)nc(-c2ccccc2)n1. The zero-order chi connectivity index (χ0) is 32.7. The lowest BCUT2D eigenvalue weighted by atomic mass is 9.84. The van der Waals surface area contributed by atoms with Crippen molar-refractivity contribution in [2.24, 2.45) is 0 Å². The van der Waals surface area contributed by atoms with Crippen LogP contribution in [-0.2, 0) is 6.42 Å². The first-order valence-electron chi connectivity index (χ1n) is 16.6. The molecule has 0 radical (unpaired) electrons. The number of hydrogen-bond acceptors (Lipinski definition) is 5. The van der Waals surface area contributed by atoms with Gasteiger partial charge in [0.25, 0.3) is 0 Å². The number of aryl methyl sites for hydroxylation is 1. The molecule has 5 heteroatoms. The van der Waals surface area contributed by atoms with Crippen LogP contribution in [-0.4, -0.2) is 15.0 Å². The highest BCUT2D eigenvalue weighted by atomic mass is 32.2. The van der Waals surface area contributed by atoms with Crippen LogP contribution in [0, 0.1) is 6.92 Å². The van der Waals surface area contributed by atoms with E-state index in [1.807, 2.05) is 30.3 Å². The molecule has 2 heterocycles. The molecule has 2 aromatic heterocycles. The van der Waals surface area contributed by atoms with E-state index >= 15 is 0 Å². The number of furan rings is 1. The van der Waals surface area contributed by atoms with Gasteiger partial charge in [0.15, 0.2) is 17.5 Å². The van der Waals surface area contributed by atoms with E-state index in [1.165, 1.54) is 31.7 Å². The minimum absolute atomic E-state index is 0.645. The molecule has 0 spiro atoms. The minimum atomic E-state index is 0.645. The highest BCUT2D eigenvalue weighted by Crippen LogP contribution is 2.45. The van der Waals surface area contributed by atoms with Crippen LogP contribution >= 0.6 is 11.8 Å². The second-order valence-electron chi connectivity index (χ2n) is 12.3. The van der Waals surface area contributed by atoms with Gasteiger partial charge < -0.3 is 4.42 Å². The Bertz CT molecular complexity index is 2540. The van der Waals surface area contributed by atoms with Crippen molar-refractivity contribution in [2.45, 2.75) is 29.6 Å². The first-order chi connectivity index (χ1) is 24.2. The Balaban J connectivity index is 1.31. The molecule has 0 atom stereocenters. The van der Waals surface area contributed by atoms with Crippen LogP contribution in [0.1, 0.15) is 34.7 Å². The molecule has 1 aliphatic rings. The predicted molar refractivity (Wildman–Crippen MR) is 200 cm³/mol. The van der Waals surface area contributed by atoms with Gasteiger partial charge in [-0.2, -0.15) is 0 Å². The Kier molecular flexibility index (Phi) is 7.40. The molecule has 0 unspecified atom stereocenters. The fourth-order valence-corrected chi connectivity index (χ4v) is 7.84. The molecule has 1 aliphatic carbocycles. The van der Waals surface area contributed by atoms with Gasteiger partial charge >= 0.3 is 0 Å². The van der Waals surface area contributed by atoms with Crippen molar-refractivity contribution in [3.05, 3.63) is 174 Å². The summed E-state index contributed by atoms with van der Waals surface area (Å²) in [5, 5.41) is 3.50. The maximum Gasteiger partial charge on any atom is 0.165 e. The highest BCUT2D eigenvalue weighted by molar-refractivity contribution is 7.99. The molecule has 234 valence electrons. The average molecular weight is 650 g/mol.